The summed E-state index contributed by atoms with van der Waals surface area (Å²) in [6.45, 7) is 8.99. The summed E-state index contributed by atoms with van der Waals surface area (Å²) in [6, 6.07) is 0.413. The monoisotopic (exact) mass is 351 g/mol. The van der Waals surface area contributed by atoms with Gasteiger partial charge in [0.2, 0.25) is 0 Å². The molecule has 0 spiro atoms. The minimum Gasteiger partial charge on any atom is -0.377 e. The summed E-state index contributed by atoms with van der Waals surface area (Å²) in [6.07, 6.45) is 1.53. The summed E-state index contributed by atoms with van der Waals surface area (Å²) in [5.41, 5.74) is 1.16. The highest BCUT2D eigenvalue weighted by atomic mass is 32.1. The number of rotatable bonds is 5. The van der Waals surface area contributed by atoms with Crippen molar-refractivity contribution in [2.45, 2.75) is 45.9 Å². The number of hydrogen-bond acceptors (Lipinski definition) is 5. The molecular formula is C17H29N5OS. The second kappa shape index (κ2) is 6.88. The number of aliphatic imine (C=N–C) groups is 1. The molecule has 134 valence electrons. The Morgan fingerprint density at radius 2 is 2.29 bits per heavy atom. The SMILES string of the molecule is CCNC(=NCc1csc(N(C)C)n1)NC1C2CCOC2C1(C)C. The molecule has 0 radical (unpaired) electrons. The summed E-state index contributed by atoms with van der Waals surface area (Å²) in [5.74, 6) is 1.48. The van der Waals surface area contributed by atoms with Crippen LogP contribution in [0.3, 0.4) is 0 Å². The van der Waals surface area contributed by atoms with Gasteiger partial charge in [-0.05, 0) is 13.3 Å². The van der Waals surface area contributed by atoms with E-state index in [0.717, 1.165) is 36.4 Å². The quantitative estimate of drug-likeness (QED) is 0.628. The molecule has 7 heteroatoms. The normalized spacial score (nSPS) is 28.2. The Hall–Kier alpha value is -1.34. The maximum Gasteiger partial charge on any atom is 0.191 e. The van der Waals surface area contributed by atoms with E-state index in [1.54, 1.807) is 11.3 Å². The minimum atomic E-state index is 0.149. The number of aromatic nitrogens is 1. The van der Waals surface area contributed by atoms with Crippen molar-refractivity contribution >= 4 is 22.4 Å². The van der Waals surface area contributed by atoms with Crippen molar-refractivity contribution in [1.82, 2.24) is 15.6 Å². The standard InChI is InChI=1S/C17H29N5OS/c1-6-18-15(19-9-11-10-24-16(20-11)22(4)5)21-13-12-7-8-23-14(12)17(13,2)3/h10,12-14H,6-9H2,1-5H3,(H2,18,19,21). The third kappa shape index (κ3) is 3.24. The Balaban J connectivity index is 1.65. The van der Waals surface area contributed by atoms with Gasteiger partial charge in [0.05, 0.1) is 18.3 Å². The van der Waals surface area contributed by atoms with Crippen LogP contribution in [0, 0.1) is 11.3 Å². The van der Waals surface area contributed by atoms with E-state index in [2.05, 4.69) is 41.8 Å². The second-order valence-corrected chi connectivity index (χ2v) is 8.23. The van der Waals surface area contributed by atoms with Gasteiger partial charge in [-0.2, -0.15) is 0 Å². The van der Waals surface area contributed by atoms with Gasteiger partial charge >= 0.3 is 0 Å². The lowest BCUT2D eigenvalue weighted by Gasteiger charge is -2.54. The molecule has 0 bridgehead atoms. The number of guanidine groups is 1. The van der Waals surface area contributed by atoms with Crippen LogP contribution < -0.4 is 15.5 Å². The van der Waals surface area contributed by atoms with E-state index in [0.29, 0.717) is 24.6 Å². The topological polar surface area (TPSA) is 61.8 Å². The van der Waals surface area contributed by atoms with Crippen LogP contribution in [-0.2, 0) is 11.3 Å². The van der Waals surface area contributed by atoms with Gasteiger partial charge in [0.15, 0.2) is 11.1 Å². The van der Waals surface area contributed by atoms with Crippen molar-refractivity contribution in [1.29, 1.82) is 0 Å². The molecule has 3 atom stereocenters. The largest absolute Gasteiger partial charge is 0.377 e. The molecular weight excluding hydrogens is 322 g/mol. The highest BCUT2D eigenvalue weighted by Gasteiger charge is 2.59. The Labute approximate surface area is 148 Å². The molecule has 0 amide bonds. The molecule has 2 aliphatic rings. The first-order chi connectivity index (χ1) is 11.4. The van der Waals surface area contributed by atoms with E-state index < -0.39 is 0 Å². The van der Waals surface area contributed by atoms with Crippen LogP contribution >= 0.6 is 11.3 Å². The molecule has 3 unspecified atom stereocenters. The third-order valence-electron chi connectivity index (χ3n) is 5.06. The molecule has 2 heterocycles. The summed E-state index contributed by atoms with van der Waals surface area (Å²) < 4.78 is 5.88. The summed E-state index contributed by atoms with van der Waals surface area (Å²) in [7, 11) is 4.02. The third-order valence-corrected chi connectivity index (χ3v) is 6.12. The zero-order chi connectivity index (χ0) is 17.3. The van der Waals surface area contributed by atoms with Gasteiger partial charge in [0.25, 0.3) is 0 Å². The number of hydrogen-bond donors (Lipinski definition) is 2. The molecule has 3 rings (SSSR count). The average Bonchev–Trinajstić information content (AvgIpc) is 3.17. The van der Waals surface area contributed by atoms with E-state index in [9.17, 15) is 0 Å². The summed E-state index contributed by atoms with van der Waals surface area (Å²) >= 11 is 1.65. The fraction of sp³-hybridized carbons (Fsp3) is 0.765. The first-order valence-corrected chi connectivity index (χ1v) is 9.59. The molecule has 24 heavy (non-hydrogen) atoms. The first-order valence-electron chi connectivity index (χ1n) is 8.71. The first kappa shape index (κ1) is 17.5. The van der Waals surface area contributed by atoms with Crippen molar-refractivity contribution in [3.05, 3.63) is 11.1 Å². The molecule has 1 saturated heterocycles. The van der Waals surface area contributed by atoms with E-state index in [4.69, 9.17) is 9.73 Å². The number of nitrogens with one attached hydrogen (secondary N) is 2. The number of ether oxygens (including phenoxy) is 1. The van der Waals surface area contributed by atoms with Crippen molar-refractivity contribution in [2.24, 2.45) is 16.3 Å². The summed E-state index contributed by atoms with van der Waals surface area (Å²) in [4.78, 5) is 11.4. The van der Waals surface area contributed by atoms with Gasteiger partial charge in [-0.25, -0.2) is 9.98 Å². The Morgan fingerprint density at radius 3 is 2.96 bits per heavy atom. The Morgan fingerprint density at radius 1 is 1.50 bits per heavy atom. The van der Waals surface area contributed by atoms with Crippen LogP contribution in [0.5, 0.6) is 0 Å². The fourth-order valence-electron chi connectivity index (χ4n) is 3.82. The van der Waals surface area contributed by atoms with Crippen LogP contribution in [-0.4, -0.2) is 50.3 Å². The molecule has 0 aromatic carbocycles. The van der Waals surface area contributed by atoms with E-state index in [-0.39, 0.29) is 5.41 Å². The predicted molar refractivity (Wildman–Crippen MR) is 99.8 cm³/mol. The highest BCUT2D eigenvalue weighted by Crippen LogP contribution is 2.52. The second-order valence-electron chi connectivity index (χ2n) is 7.40. The van der Waals surface area contributed by atoms with Crippen molar-refractivity contribution < 1.29 is 4.74 Å². The lowest BCUT2D eigenvalue weighted by Crippen LogP contribution is -2.67. The van der Waals surface area contributed by atoms with E-state index in [1.807, 2.05) is 19.0 Å². The average molecular weight is 352 g/mol. The van der Waals surface area contributed by atoms with Crippen LogP contribution in [0.2, 0.25) is 0 Å². The van der Waals surface area contributed by atoms with Gasteiger partial charge in [-0.3, -0.25) is 0 Å². The van der Waals surface area contributed by atoms with Crippen molar-refractivity contribution in [2.75, 3.05) is 32.1 Å². The fourth-order valence-corrected chi connectivity index (χ4v) is 4.57. The van der Waals surface area contributed by atoms with Crippen LogP contribution in [0.1, 0.15) is 32.9 Å². The highest BCUT2D eigenvalue weighted by molar-refractivity contribution is 7.13. The van der Waals surface area contributed by atoms with Crippen molar-refractivity contribution in [3.63, 3.8) is 0 Å². The van der Waals surface area contributed by atoms with Crippen LogP contribution in [0.15, 0.2) is 10.4 Å². The minimum absolute atomic E-state index is 0.149. The molecule has 1 saturated carbocycles. The van der Waals surface area contributed by atoms with Gasteiger partial charge in [-0.15, -0.1) is 11.3 Å². The summed E-state index contributed by atoms with van der Waals surface area (Å²) in [5, 5.41) is 10.1. The van der Waals surface area contributed by atoms with Gasteiger partial charge in [-0.1, -0.05) is 13.8 Å². The zero-order valence-electron chi connectivity index (χ0n) is 15.3. The maximum atomic E-state index is 5.88. The van der Waals surface area contributed by atoms with Crippen LogP contribution in [0.25, 0.3) is 0 Å². The molecule has 6 nitrogen and oxygen atoms in total. The predicted octanol–water partition coefficient (Wildman–Crippen LogP) is 2.08. The Bertz CT molecular complexity index is 598. The molecule has 1 aromatic rings. The number of nitrogens with zero attached hydrogens (tertiary/aromatic N) is 3. The van der Waals surface area contributed by atoms with E-state index in [1.165, 1.54) is 0 Å². The lowest BCUT2D eigenvalue weighted by atomic mass is 9.57. The molecule has 1 aliphatic carbocycles. The van der Waals surface area contributed by atoms with Crippen LogP contribution in [0.4, 0.5) is 5.13 Å². The van der Waals surface area contributed by atoms with Crippen molar-refractivity contribution in [3.8, 4) is 0 Å². The zero-order valence-corrected chi connectivity index (χ0v) is 16.1. The van der Waals surface area contributed by atoms with Gasteiger partial charge in [0, 0.05) is 50.0 Å². The van der Waals surface area contributed by atoms with E-state index >= 15 is 0 Å². The smallest absolute Gasteiger partial charge is 0.191 e. The van der Waals surface area contributed by atoms with Gasteiger partial charge in [0.1, 0.15) is 0 Å². The number of anilines is 1. The molecule has 2 fully saturated rings. The van der Waals surface area contributed by atoms with Gasteiger partial charge < -0.3 is 20.3 Å². The maximum absolute atomic E-state index is 5.88. The number of fused-ring (bicyclic) bond motifs is 1. The number of thiazole rings is 1. The molecule has 1 aliphatic heterocycles. The molecule has 1 aromatic heterocycles. The Kier molecular flexibility index (Phi) is 5.01. The lowest BCUT2D eigenvalue weighted by molar-refractivity contribution is -0.106. The molecule has 2 N–H and O–H groups in total.